The van der Waals surface area contributed by atoms with Crippen molar-refractivity contribution in [3.05, 3.63) is 0 Å². The van der Waals surface area contributed by atoms with E-state index in [1.165, 1.54) is 0 Å². The number of carbonyl (C=O) groups is 1. The lowest BCUT2D eigenvalue weighted by Crippen LogP contribution is -2.45. The first-order valence-corrected chi connectivity index (χ1v) is 3.76. The Morgan fingerprint density at radius 1 is 1.50 bits per heavy atom. The lowest BCUT2D eigenvalue weighted by atomic mass is 10.2. The summed E-state index contributed by atoms with van der Waals surface area (Å²) in [6.45, 7) is 4.46. The van der Waals surface area contributed by atoms with E-state index in [2.05, 4.69) is 0 Å². The second-order valence-electron chi connectivity index (χ2n) is 2.66. The van der Waals surface area contributed by atoms with Gasteiger partial charge in [0.15, 0.2) is 0 Å². The average molecular weight is 196 g/mol. The van der Waals surface area contributed by atoms with Gasteiger partial charge >= 0.3 is 5.97 Å². The third-order valence-corrected chi connectivity index (χ3v) is 1.95. The third-order valence-electron chi connectivity index (χ3n) is 1.95. The van der Waals surface area contributed by atoms with Crippen molar-refractivity contribution in [2.24, 2.45) is 0 Å². The van der Waals surface area contributed by atoms with Gasteiger partial charge in [0.05, 0.1) is 13.2 Å². The lowest BCUT2D eigenvalue weighted by molar-refractivity contribution is -0.144. The minimum Gasteiger partial charge on any atom is -0.480 e. The molecule has 12 heavy (non-hydrogen) atoms. The summed E-state index contributed by atoms with van der Waals surface area (Å²) in [5, 5.41) is 8.65. The zero-order valence-corrected chi connectivity index (χ0v) is 7.84. The highest BCUT2D eigenvalue weighted by molar-refractivity contribution is 5.85. The molecule has 72 valence electrons. The highest BCUT2D eigenvalue weighted by atomic mass is 35.5. The van der Waals surface area contributed by atoms with Crippen LogP contribution >= 0.6 is 12.4 Å². The number of aliphatic carboxylic acids is 1. The Morgan fingerprint density at radius 2 is 2.00 bits per heavy atom. The molecule has 1 fully saturated rings. The van der Waals surface area contributed by atoms with E-state index in [1.54, 1.807) is 6.92 Å². The van der Waals surface area contributed by atoms with Crippen molar-refractivity contribution in [1.82, 2.24) is 4.90 Å². The number of carboxylic acid groups (broad SMARTS) is 1. The largest absolute Gasteiger partial charge is 0.480 e. The van der Waals surface area contributed by atoms with Crippen molar-refractivity contribution < 1.29 is 14.6 Å². The summed E-state index contributed by atoms with van der Waals surface area (Å²) in [6, 6.07) is -0.376. The first-order chi connectivity index (χ1) is 5.22. The zero-order chi connectivity index (χ0) is 8.27. The quantitative estimate of drug-likeness (QED) is 0.685. The van der Waals surface area contributed by atoms with E-state index in [1.807, 2.05) is 4.90 Å². The van der Waals surface area contributed by atoms with Crippen LogP contribution in [0.5, 0.6) is 0 Å². The molecule has 0 amide bonds. The molecule has 1 N–H and O–H groups in total. The van der Waals surface area contributed by atoms with Gasteiger partial charge in [-0.2, -0.15) is 0 Å². The van der Waals surface area contributed by atoms with Crippen molar-refractivity contribution in [1.29, 1.82) is 0 Å². The number of halogens is 1. The number of rotatable bonds is 2. The summed E-state index contributed by atoms with van der Waals surface area (Å²) < 4.78 is 5.10. The van der Waals surface area contributed by atoms with E-state index in [0.717, 1.165) is 13.1 Å². The van der Waals surface area contributed by atoms with Crippen LogP contribution in [0, 0.1) is 0 Å². The van der Waals surface area contributed by atoms with Crippen LogP contribution in [0.4, 0.5) is 0 Å². The van der Waals surface area contributed by atoms with Crippen molar-refractivity contribution >= 4 is 18.4 Å². The average Bonchev–Trinajstić information content (AvgIpc) is 2.05. The van der Waals surface area contributed by atoms with Crippen molar-refractivity contribution in [3.8, 4) is 0 Å². The molecule has 0 bridgehead atoms. The number of hydrogen-bond acceptors (Lipinski definition) is 3. The fourth-order valence-corrected chi connectivity index (χ4v) is 1.12. The maximum Gasteiger partial charge on any atom is 0.320 e. The zero-order valence-electron chi connectivity index (χ0n) is 7.02. The van der Waals surface area contributed by atoms with Gasteiger partial charge in [-0.25, -0.2) is 0 Å². The Morgan fingerprint density at radius 3 is 2.42 bits per heavy atom. The minimum absolute atomic E-state index is 0. The molecule has 0 aromatic heterocycles. The van der Waals surface area contributed by atoms with Crippen LogP contribution in [0.3, 0.4) is 0 Å². The molecule has 1 atom stereocenters. The number of morpholine rings is 1. The number of carboxylic acids is 1. The smallest absolute Gasteiger partial charge is 0.320 e. The van der Waals surface area contributed by atoms with Gasteiger partial charge in [-0.3, -0.25) is 9.69 Å². The Hall–Kier alpha value is -0.320. The van der Waals surface area contributed by atoms with Gasteiger partial charge in [0.1, 0.15) is 6.04 Å². The molecule has 5 heteroatoms. The van der Waals surface area contributed by atoms with Gasteiger partial charge in [-0.05, 0) is 6.92 Å². The predicted molar refractivity (Wildman–Crippen MR) is 46.7 cm³/mol. The molecule has 0 unspecified atom stereocenters. The maximum absolute atomic E-state index is 10.5. The highest BCUT2D eigenvalue weighted by Gasteiger charge is 2.21. The second-order valence-corrected chi connectivity index (χ2v) is 2.66. The Balaban J connectivity index is 0.00000121. The summed E-state index contributed by atoms with van der Waals surface area (Å²) in [7, 11) is 0. The number of nitrogens with zero attached hydrogens (tertiary/aromatic N) is 1. The molecular formula is C7H14ClNO3. The Bertz CT molecular complexity index is 148. The van der Waals surface area contributed by atoms with Crippen LogP contribution in [0.25, 0.3) is 0 Å². The molecule has 0 aromatic carbocycles. The van der Waals surface area contributed by atoms with Crippen LogP contribution in [-0.4, -0.2) is 48.3 Å². The molecule has 1 rings (SSSR count). The van der Waals surface area contributed by atoms with Crippen LogP contribution < -0.4 is 0 Å². The molecular weight excluding hydrogens is 182 g/mol. The number of hydrogen-bond donors (Lipinski definition) is 1. The monoisotopic (exact) mass is 195 g/mol. The fraction of sp³-hybridized carbons (Fsp3) is 0.857. The normalized spacial score (nSPS) is 21.1. The molecule has 0 radical (unpaired) electrons. The first kappa shape index (κ1) is 11.7. The molecule has 4 nitrogen and oxygen atoms in total. The van der Waals surface area contributed by atoms with Gasteiger partial charge < -0.3 is 9.84 Å². The highest BCUT2D eigenvalue weighted by Crippen LogP contribution is 2.02. The summed E-state index contributed by atoms with van der Waals surface area (Å²) >= 11 is 0. The minimum atomic E-state index is -0.758. The standard InChI is InChI=1S/C7H13NO3.ClH/c1-6(7(9)10)8-2-4-11-5-3-8;/h6H,2-5H2,1H3,(H,9,10);1H/t6-;/m1./s1. The number of ether oxygens (including phenoxy) is 1. The molecule has 1 aliphatic rings. The van der Waals surface area contributed by atoms with E-state index in [0.29, 0.717) is 13.2 Å². The second kappa shape index (κ2) is 5.35. The van der Waals surface area contributed by atoms with E-state index < -0.39 is 5.97 Å². The van der Waals surface area contributed by atoms with Crippen molar-refractivity contribution in [3.63, 3.8) is 0 Å². The van der Waals surface area contributed by atoms with Crippen LogP contribution in [0.15, 0.2) is 0 Å². The van der Waals surface area contributed by atoms with E-state index >= 15 is 0 Å². The molecule has 0 aliphatic carbocycles. The summed E-state index contributed by atoms with van der Waals surface area (Å²) in [4.78, 5) is 12.4. The van der Waals surface area contributed by atoms with Gasteiger partial charge in [0.25, 0.3) is 0 Å². The SMILES string of the molecule is C[C@H](C(=O)O)N1CCOCC1.Cl. The van der Waals surface area contributed by atoms with Crippen LogP contribution in [-0.2, 0) is 9.53 Å². The van der Waals surface area contributed by atoms with E-state index in [4.69, 9.17) is 9.84 Å². The Kier molecular flexibility index (Phi) is 5.20. The maximum atomic E-state index is 10.5. The fourth-order valence-electron chi connectivity index (χ4n) is 1.12. The third kappa shape index (κ3) is 2.97. The van der Waals surface area contributed by atoms with Gasteiger partial charge in [-0.1, -0.05) is 0 Å². The van der Waals surface area contributed by atoms with Crippen molar-refractivity contribution in [2.75, 3.05) is 26.3 Å². The van der Waals surface area contributed by atoms with Gasteiger partial charge in [0, 0.05) is 13.1 Å². The molecule has 0 spiro atoms. The summed E-state index contributed by atoms with van der Waals surface area (Å²) in [6.07, 6.45) is 0. The summed E-state index contributed by atoms with van der Waals surface area (Å²) in [5.74, 6) is -0.758. The summed E-state index contributed by atoms with van der Waals surface area (Å²) in [5.41, 5.74) is 0. The van der Waals surface area contributed by atoms with Crippen molar-refractivity contribution in [2.45, 2.75) is 13.0 Å². The molecule has 1 aliphatic heterocycles. The topological polar surface area (TPSA) is 49.8 Å². The van der Waals surface area contributed by atoms with Crippen LogP contribution in [0.2, 0.25) is 0 Å². The molecule has 0 saturated carbocycles. The van der Waals surface area contributed by atoms with Gasteiger partial charge in [-0.15, -0.1) is 12.4 Å². The molecule has 0 aromatic rings. The van der Waals surface area contributed by atoms with Crippen LogP contribution in [0.1, 0.15) is 6.92 Å². The molecule has 1 saturated heterocycles. The Labute approximate surface area is 77.9 Å². The molecule has 1 heterocycles. The van der Waals surface area contributed by atoms with E-state index in [-0.39, 0.29) is 18.4 Å². The van der Waals surface area contributed by atoms with E-state index in [9.17, 15) is 4.79 Å². The lowest BCUT2D eigenvalue weighted by Gasteiger charge is -2.29. The van der Waals surface area contributed by atoms with Gasteiger partial charge in [0.2, 0.25) is 0 Å². The first-order valence-electron chi connectivity index (χ1n) is 3.76. The predicted octanol–water partition coefficient (Wildman–Crippen LogP) is 0.214.